The maximum atomic E-state index is 11.6. The van der Waals surface area contributed by atoms with Gasteiger partial charge >= 0.3 is 5.97 Å². The average molecular weight is 247 g/mol. The standard InChI is InChI=1S/C10H17NO4S/c1-15-10(12)7-4-8-16(13,14)11-9-5-2-3-6-9/h2-3,9,11H,4-8H2,1H3. The van der Waals surface area contributed by atoms with Crippen LogP contribution in [0.2, 0.25) is 0 Å². The van der Waals surface area contributed by atoms with E-state index >= 15 is 0 Å². The summed E-state index contributed by atoms with van der Waals surface area (Å²) >= 11 is 0. The molecule has 5 nitrogen and oxygen atoms in total. The van der Waals surface area contributed by atoms with Crippen LogP contribution in [0.15, 0.2) is 12.2 Å². The van der Waals surface area contributed by atoms with Crippen molar-refractivity contribution in [2.75, 3.05) is 12.9 Å². The zero-order valence-electron chi connectivity index (χ0n) is 9.31. The highest BCUT2D eigenvalue weighted by Crippen LogP contribution is 2.10. The molecular weight excluding hydrogens is 230 g/mol. The van der Waals surface area contributed by atoms with Crippen LogP contribution in [0, 0.1) is 0 Å². The van der Waals surface area contributed by atoms with E-state index in [9.17, 15) is 13.2 Å². The number of nitrogens with one attached hydrogen (secondary N) is 1. The van der Waals surface area contributed by atoms with Gasteiger partial charge in [-0.2, -0.15) is 0 Å². The molecule has 0 aromatic rings. The topological polar surface area (TPSA) is 72.5 Å². The van der Waals surface area contributed by atoms with E-state index in [0.717, 1.165) is 12.8 Å². The van der Waals surface area contributed by atoms with E-state index in [2.05, 4.69) is 9.46 Å². The van der Waals surface area contributed by atoms with Crippen LogP contribution in [-0.4, -0.2) is 33.3 Å². The summed E-state index contributed by atoms with van der Waals surface area (Å²) in [5, 5.41) is 0. The lowest BCUT2D eigenvalue weighted by molar-refractivity contribution is -0.140. The van der Waals surface area contributed by atoms with Gasteiger partial charge in [0.25, 0.3) is 0 Å². The number of hydrogen-bond acceptors (Lipinski definition) is 4. The highest BCUT2D eigenvalue weighted by Gasteiger charge is 2.18. The van der Waals surface area contributed by atoms with Crippen LogP contribution < -0.4 is 4.72 Å². The van der Waals surface area contributed by atoms with Crippen LogP contribution in [0.3, 0.4) is 0 Å². The summed E-state index contributed by atoms with van der Waals surface area (Å²) in [5.41, 5.74) is 0. The predicted octanol–water partition coefficient (Wildman–Crippen LogP) is 0.578. The second-order valence-corrected chi connectivity index (χ2v) is 5.63. The second kappa shape index (κ2) is 6.00. The van der Waals surface area contributed by atoms with Crippen molar-refractivity contribution in [1.29, 1.82) is 0 Å². The van der Waals surface area contributed by atoms with Gasteiger partial charge in [-0.15, -0.1) is 0 Å². The van der Waals surface area contributed by atoms with Gasteiger partial charge < -0.3 is 4.74 Å². The van der Waals surface area contributed by atoms with Crippen molar-refractivity contribution in [3.63, 3.8) is 0 Å². The average Bonchev–Trinajstić information content (AvgIpc) is 2.69. The molecule has 0 bridgehead atoms. The van der Waals surface area contributed by atoms with Crippen molar-refractivity contribution in [3.8, 4) is 0 Å². The third-order valence-corrected chi connectivity index (χ3v) is 3.89. The lowest BCUT2D eigenvalue weighted by Crippen LogP contribution is -2.34. The summed E-state index contributed by atoms with van der Waals surface area (Å²) in [6, 6.07) is -0.0110. The van der Waals surface area contributed by atoms with Gasteiger partial charge in [-0.25, -0.2) is 13.1 Å². The lowest BCUT2D eigenvalue weighted by atomic mass is 10.3. The summed E-state index contributed by atoms with van der Waals surface area (Å²) in [4.78, 5) is 10.8. The Morgan fingerprint density at radius 2 is 2.06 bits per heavy atom. The summed E-state index contributed by atoms with van der Waals surface area (Å²) < 4.78 is 30.2. The monoisotopic (exact) mass is 247 g/mol. The molecular formula is C10H17NO4S. The number of carbonyl (C=O) groups excluding carboxylic acids is 1. The van der Waals surface area contributed by atoms with E-state index in [1.165, 1.54) is 7.11 Å². The molecule has 0 heterocycles. The first kappa shape index (κ1) is 13.2. The molecule has 0 radical (unpaired) electrons. The molecule has 6 heteroatoms. The van der Waals surface area contributed by atoms with Crippen molar-refractivity contribution in [3.05, 3.63) is 12.2 Å². The van der Waals surface area contributed by atoms with E-state index in [1.807, 2.05) is 12.2 Å². The van der Waals surface area contributed by atoms with Crippen LogP contribution in [0.1, 0.15) is 25.7 Å². The normalized spacial score (nSPS) is 16.6. The summed E-state index contributed by atoms with van der Waals surface area (Å²) in [5.74, 6) is -0.406. The van der Waals surface area contributed by atoms with Crippen molar-refractivity contribution < 1.29 is 17.9 Å². The smallest absolute Gasteiger partial charge is 0.305 e. The fraction of sp³-hybridized carbons (Fsp3) is 0.700. The Bertz CT molecular complexity index is 353. The SMILES string of the molecule is COC(=O)CCCS(=O)(=O)NC1CC=CC1. The highest BCUT2D eigenvalue weighted by atomic mass is 32.2. The van der Waals surface area contributed by atoms with Gasteiger partial charge in [0.1, 0.15) is 0 Å². The molecule has 0 aliphatic heterocycles. The Labute approximate surface area is 95.9 Å². The zero-order chi connectivity index (χ0) is 12.0. The van der Waals surface area contributed by atoms with Gasteiger partial charge in [-0.1, -0.05) is 12.2 Å². The molecule has 1 aliphatic carbocycles. The minimum atomic E-state index is -3.27. The molecule has 0 aromatic carbocycles. The first-order valence-electron chi connectivity index (χ1n) is 5.25. The molecule has 92 valence electrons. The van der Waals surface area contributed by atoms with E-state index in [4.69, 9.17) is 0 Å². The molecule has 0 fully saturated rings. The van der Waals surface area contributed by atoms with Gasteiger partial charge in [0, 0.05) is 12.5 Å². The third kappa shape index (κ3) is 4.76. The summed E-state index contributed by atoms with van der Waals surface area (Å²) in [7, 11) is -1.98. The lowest BCUT2D eigenvalue weighted by Gasteiger charge is -2.12. The number of ether oxygens (including phenoxy) is 1. The van der Waals surface area contributed by atoms with E-state index in [0.29, 0.717) is 6.42 Å². The Kier molecular flexibility index (Phi) is 4.95. The molecule has 1 N–H and O–H groups in total. The number of methoxy groups -OCH3 is 1. The van der Waals surface area contributed by atoms with Crippen LogP contribution in [0.25, 0.3) is 0 Å². The Morgan fingerprint density at radius 1 is 1.44 bits per heavy atom. The quantitative estimate of drug-likeness (QED) is 0.550. The predicted molar refractivity (Wildman–Crippen MR) is 60.3 cm³/mol. The van der Waals surface area contributed by atoms with E-state index < -0.39 is 10.0 Å². The van der Waals surface area contributed by atoms with Crippen LogP contribution in [-0.2, 0) is 19.6 Å². The number of esters is 1. The van der Waals surface area contributed by atoms with Gasteiger partial charge in [0.05, 0.1) is 12.9 Å². The van der Waals surface area contributed by atoms with Crippen molar-refractivity contribution >= 4 is 16.0 Å². The van der Waals surface area contributed by atoms with Gasteiger partial charge in [0.2, 0.25) is 10.0 Å². The minimum Gasteiger partial charge on any atom is -0.469 e. The molecule has 0 amide bonds. The van der Waals surface area contributed by atoms with Crippen LogP contribution >= 0.6 is 0 Å². The fourth-order valence-electron chi connectivity index (χ4n) is 1.53. The summed E-state index contributed by atoms with van der Waals surface area (Å²) in [6.45, 7) is 0. The number of hydrogen-bond donors (Lipinski definition) is 1. The molecule has 1 rings (SSSR count). The second-order valence-electron chi connectivity index (χ2n) is 3.76. The maximum absolute atomic E-state index is 11.6. The van der Waals surface area contributed by atoms with Crippen LogP contribution in [0.5, 0.6) is 0 Å². The first-order chi connectivity index (χ1) is 7.53. The molecule has 0 saturated heterocycles. The third-order valence-electron chi connectivity index (χ3n) is 2.38. The van der Waals surface area contributed by atoms with Crippen molar-refractivity contribution in [2.45, 2.75) is 31.7 Å². The highest BCUT2D eigenvalue weighted by molar-refractivity contribution is 7.89. The zero-order valence-corrected chi connectivity index (χ0v) is 10.1. The largest absolute Gasteiger partial charge is 0.469 e. The Balaban J connectivity index is 2.26. The minimum absolute atomic E-state index is 0.0110. The Hall–Kier alpha value is -0.880. The first-order valence-corrected chi connectivity index (χ1v) is 6.90. The van der Waals surface area contributed by atoms with Crippen LogP contribution in [0.4, 0.5) is 0 Å². The van der Waals surface area contributed by atoms with Gasteiger partial charge in [0.15, 0.2) is 0 Å². The van der Waals surface area contributed by atoms with Crippen molar-refractivity contribution in [1.82, 2.24) is 4.72 Å². The van der Waals surface area contributed by atoms with E-state index in [-0.39, 0.29) is 24.2 Å². The molecule has 0 saturated carbocycles. The molecule has 0 spiro atoms. The molecule has 1 aliphatic rings. The van der Waals surface area contributed by atoms with Gasteiger partial charge in [-0.3, -0.25) is 4.79 Å². The number of rotatable bonds is 6. The number of carbonyl (C=O) groups is 1. The summed E-state index contributed by atoms with van der Waals surface area (Å²) in [6.07, 6.45) is 5.85. The molecule has 0 aromatic heterocycles. The maximum Gasteiger partial charge on any atom is 0.305 e. The van der Waals surface area contributed by atoms with Crippen molar-refractivity contribution in [2.24, 2.45) is 0 Å². The molecule has 16 heavy (non-hydrogen) atoms. The molecule has 0 atom stereocenters. The van der Waals surface area contributed by atoms with Gasteiger partial charge in [-0.05, 0) is 19.3 Å². The Morgan fingerprint density at radius 3 is 2.62 bits per heavy atom. The molecule has 0 unspecified atom stereocenters. The fourth-order valence-corrected chi connectivity index (χ4v) is 2.88. The number of sulfonamides is 1. The van der Waals surface area contributed by atoms with E-state index in [1.54, 1.807) is 0 Å².